The number of nitrogens with zero attached hydrogens (tertiary/aromatic N) is 7. The molecule has 5 rings (SSSR count). The third kappa shape index (κ3) is 5.25. The molecule has 1 aliphatic heterocycles. The Morgan fingerprint density at radius 1 is 0.684 bits per heavy atom. The number of hydrogen-bond acceptors (Lipinski definition) is 5. The topological polar surface area (TPSA) is 43.5 Å². The average Bonchev–Trinajstić information content (AvgIpc) is 2.94. The van der Waals surface area contributed by atoms with Crippen LogP contribution < -0.4 is 28.4 Å². The van der Waals surface area contributed by atoms with Crippen molar-refractivity contribution in [2.24, 2.45) is 0 Å². The Balaban J connectivity index is 1.64. The van der Waals surface area contributed by atoms with Crippen molar-refractivity contribution >= 4 is 40.3 Å². The standard InChI is InChI=1S/C28H32Cl2N7O/c1-32(2)21-5-11-35(12-6-21)26-24(29)27(36-13-7-22(8-14-36)33(3)4)31-28(25(26)30)37-15-9-23(10-16-37)34-17-19-38-20-18-34/h5-16H,17-20H2,1-4H3/q+3. The summed E-state index contributed by atoms with van der Waals surface area (Å²) in [6, 6.07) is 12.3. The van der Waals surface area contributed by atoms with E-state index in [0.717, 1.165) is 43.4 Å². The second kappa shape index (κ2) is 11.1. The lowest BCUT2D eigenvalue weighted by Gasteiger charge is -2.28. The molecule has 10 heteroatoms. The van der Waals surface area contributed by atoms with Gasteiger partial charge in [0.1, 0.15) is 0 Å². The Morgan fingerprint density at radius 2 is 1.11 bits per heavy atom. The molecule has 4 aromatic rings. The summed E-state index contributed by atoms with van der Waals surface area (Å²) in [5.41, 5.74) is 3.95. The first-order valence-electron chi connectivity index (χ1n) is 12.4. The van der Waals surface area contributed by atoms with Crippen molar-refractivity contribution in [2.45, 2.75) is 0 Å². The molecule has 0 aromatic carbocycles. The number of pyridine rings is 4. The van der Waals surface area contributed by atoms with Crippen LogP contribution in [0, 0.1) is 0 Å². The number of aromatic nitrogens is 4. The van der Waals surface area contributed by atoms with E-state index >= 15 is 0 Å². The molecule has 0 spiro atoms. The minimum Gasteiger partial charge on any atom is -0.378 e. The van der Waals surface area contributed by atoms with Crippen LogP contribution in [0.1, 0.15) is 0 Å². The summed E-state index contributed by atoms with van der Waals surface area (Å²) in [5, 5.41) is 0.908. The van der Waals surface area contributed by atoms with Crippen LogP contribution in [0.4, 0.5) is 17.1 Å². The second-order valence-electron chi connectivity index (χ2n) is 9.51. The van der Waals surface area contributed by atoms with Gasteiger partial charge in [0.25, 0.3) is 5.69 Å². The maximum absolute atomic E-state index is 7.06. The van der Waals surface area contributed by atoms with E-state index in [1.54, 1.807) is 0 Å². The molecule has 1 aliphatic rings. The van der Waals surface area contributed by atoms with Crippen molar-refractivity contribution in [2.75, 3.05) is 69.2 Å². The molecular weight excluding hydrogens is 521 g/mol. The van der Waals surface area contributed by atoms with Crippen LogP contribution in [0.15, 0.2) is 73.6 Å². The van der Waals surface area contributed by atoms with Crippen LogP contribution in [0.5, 0.6) is 0 Å². The van der Waals surface area contributed by atoms with Gasteiger partial charge in [0.15, 0.2) is 12.4 Å². The molecule has 0 amide bonds. The second-order valence-corrected chi connectivity index (χ2v) is 10.3. The van der Waals surface area contributed by atoms with Crippen LogP contribution in [-0.2, 0) is 4.74 Å². The smallest absolute Gasteiger partial charge is 0.358 e. The average molecular weight is 554 g/mol. The molecule has 0 atom stereocenters. The number of ether oxygens (including phenoxy) is 1. The van der Waals surface area contributed by atoms with Gasteiger partial charge in [0.2, 0.25) is 10.0 Å². The summed E-state index contributed by atoms with van der Waals surface area (Å²) in [7, 11) is 8.03. The van der Waals surface area contributed by atoms with Gasteiger partial charge < -0.3 is 19.4 Å². The maximum Gasteiger partial charge on any atom is 0.358 e. The summed E-state index contributed by atoms with van der Waals surface area (Å²) in [6.45, 7) is 3.22. The zero-order valence-electron chi connectivity index (χ0n) is 22.1. The predicted octanol–water partition coefficient (Wildman–Crippen LogP) is 3.19. The summed E-state index contributed by atoms with van der Waals surface area (Å²) in [5.74, 6) is 1.17. The number of hydrogen-bond donors (Lipinski definition) is 0. The van der Waals surface area contributed by atoms with Crippen LogP contribution >= 0.6 is 23.2 Å². The highest BCUT2D eigenvalue weighted by Gasteiger charge is 2.34. The Hall–Kier alpha value is -3.46. The highest BCUT2D eigenvalue weighted by Crippen LogP contribution is 2.31. The molecule has 1 fully saturated rings. The summed E-state index contributed by atoms with van der Waals surface area (Å²) >= 11 is 14.1. The molecular formula is C28H32Cl2N7O+3. The van der Waals surface area contributed by atoms with E-state index in [9.17, 15) is 0 Å². The molecule has 8 nitrogen and oxygen atoms in total. The van der Waals surface area contributed by atoms with Crippen LogP contribution in [0.25, 0.3) is 17.3 Å². The highest BCUT2D eigenvalue weighted by molar-refractivity contribution is 6.38. The number of morpholine rings is 1. The molecule has 0 radical (unpaired) electrons. The van der Waals surface area contributed by atoms with Gasteiger partial charge in [-0.1, -0.05) is 23.2 Å². The maximum atomic E-state index is 7.06. The molecule has 5 heterocycles. The molecule has 0 bridgehead atoms. The van der Waals surface area contributed by atoms with Gasteiger partial charge in [-0.2, -0.15) is 4.57 Å². The normalized spacial score (nSPS) is 13.5. The highest BCUT2D eigenvalue weighted by atomic mass is 35.5. The van der Waals surface area contributed by atoms with E-state index in [1.165, 1.54) is 0 Å². The lowest BCUT2D eigenvalue weighted by molar-refractivity contribution is -0.617. The van der Waals surface area contributed by atoms with E-state index in [2.05, 4.69) is 17.0 Å². The van der Waals surface area contributed by atoms with Crippen molar-refractivity contribution in [1.82, 2.24) is 4.98 Å². The number of anilines is 3. The first-order valence-corrected chi connectivity index (χ1v) is 13.2. The van der Waals surface area contributed by atoms with Crippen molar-refractivity contribution in [3.8, 4) is 17.3 Å². The van der Waals surface area contributed by atoms with Crippen LogP contribution in [0.3, 0.4) is 0 Å². The Morgan fingerprint density at radius 3 is 1.55 bits per heavy atom. The molecule has 1 saturated heterocycles. The molecule has 38 heavy (non-hydrogen) atoms. The molecule has 0 saturated carbocycles. The molecule has 0 aliphatic carbocycles. The molecule has 0 N–H and O–H groups in total. The van der Waals surface area contributed by atoms with Gasteiger partial charge in [-0.25, -0.2) is 9.13 Å². The predicted molar refractivity (Wildman–Crippen MR) is 151 cm³/mol. The SMILES string of the molecule is CN(C)c1cc[n+](-c2nc(-[n+]3ccc(N4CCOCC4)cc3)c(Cl)c(-[n+]3ccc(N(C)C)cc3)c2Cl)cc1. The molecule has 0 unspecified atom stereocenters. The van der Waals surface area contributed by atoms with Crippen LogP contribution in [-0.4, -0.2) is 59.5 Å². The van der Waals surface area contributed by atoms with Crippen molar-refractivity contribution < 1.29 is 18.4 Å². The van der Waals surface area contributed by atoms with E-state index in [-0.39, 0.29) is 0 Å². The Labute approximate surface area is 233 Å². The minimum absolute atomic E-state index is 0.453. The van der Waals surface area contributed by atoms with E-state index in [0.29, 0.717) is 27.4 Å². The van der Waals surface area contributed by atoms with Crippen molar-refractivity contribution in [3.05, 3.63) is 83.6 Å². The van der Waals surface area contributed by atoms with Crippen molar-refractivity contribution in [3.63, 3.8) is 0 Å². The Kier molecular flexibility index (Phi) is 7.65. The van der Waals surface area contributed by atoms with Gasteiger partial charge in [0, 0.05) is 99.7 Å². The first-order chi connectivity index (χ1) is 18.3. The number of halogens is 2. The first kappa shape index (κ1) is 26.2. The third-order valence-electron chi connectivity index (χ3n) is 6.61. The fourth-order valence-electron chi connectivity index (χ4n) is 4.39. The molecule has 196 valence electrons. The van der Waals surface area contributed by atoms with Gasteiger partial charge in [0.05, 0.1) is 38.0 Å². The summed E-state index contributed by atoms with van der Waals surface area (Å²) < 4.78 is 11.3. The molecule has 4 aromatic heterocycles. The fraction of sp³-hybridized carbons (Fsp3) is 0.286. The largest absolute Gasteiger partial charge is 0.378 e. The minimum atomic E-state index is 0.453. The van der Waals surface area contributed by atoms with Gasteiger partial charge in [-0.15, -0.1) is 0 Å². The fourth-order valence-corrected chi connectivity index (χ4v) is 5.10. The third-order valence-corrected chi connectivity index (χ3v) is 7.31. The van der Waals surface area contributed by atoms with Crippen molar-refractivity contribution in [1.29, 1.82) is 0 Å². The van der Waals surface area contributed by atoms with Gasteiger partial charge in [-0.3, -0.25) is 0 Å². The Bertz CT molecular complexity index is 1400. The lowest BCUT2D eigenvalue weighted by atomic mass is 10.3. The zero-order valence-corrected chi connectivity index (χ0v) is 23.6. The summed E-state index contributed by atoms with van der Waals surface area (Å²) in [4.78, 5) is 11.4. The van der Waals surface area contributed by atoms with E-state index < -0.39 is 0 Å². The summed E-state index contributed by atoms with van der Waals surface area (Å²) in [6.07, 6.45) is 11.8. The lowest BCUT2D eigenvalue weighted by Crippen LogP contribution is -2.41. The van der Waals surface area contributed by atoms with Gasteiger partial charge >= 0.3 is 11.6 Å². The monoisotopic (exact) mass is 552 g/mol. The van der Waals surface area contributed by atoms with Crippen LogP contribution in [0.2, 0.25) is 10.0 Å². The van der Waals surface area contributed by atoms with E-state index in [1.807, 2.05) is 113 Å². The van der Waals surface area contributed by atoms with Gasteiger partial charge in [-0.05, 0) is 0 Å². The van der Waals surface area contributed by atoms with E-state index in [4.69, 9.17) is 32.9 Å². The number of rotatable bonds is 6. The zero-order chi connectivity index (χ0) is 26.8. The quantitative estimate of drug-likeness (QED) is 0.344.